The summed E-state index contributed by atoms with van der Waals surface area (Å²) in [4.78, 5) is 0. The predicted octanol–water partition coefficient (Wildman–Crippen LogP) is 3.75. The van der Waals surface area contributed by atoms with E-state index in [1.807, 2.05) is 0 Å². The van der Waals surface area contributed by atoms with Gasteiger partial charge in [-0.05, 0) is 39.3 Å². The summed E-state index contributed by atoms with van der Waals surface area (Å²) in [5.41, 5.74) is 0. The highest BCUT2D eigenvalue weighted by atomic mass is 16.5. The van der Waals surface area contributed by atoms with Crippen molar-refractivity contribution in [3.05, 3.63) is 0 Å². The molecule has 1 unspecified atom stereocenters. The van der Waals surface area contributed by atoms with Crippen LogP contribution in [0.3, 0.4) is 0 Å². The van der Waals surface area contributed by atoms with Crippen LogP contribution >= 0.6 is 0 Å². The third-order valence-electron chi connectivity index (χ3n) is 2.80. The average Bonchev–Trinajstić information content (AvgIpc) is 2.29. The Hall–Kier alpha value is -0.0800. The monoisotopic (exact) mass is 229 g/mol. The van der Waals surface area contributed by atoms with E-state index in [0.29, 0.717) is 6.10 Å². The highest BCUT2D eigenvalue weighted by molar-refractivity contribution is 4.54. The van der Waals surface area contributed by atoms with Gasteiger partial charge in [-0.15, -0.1) is 0 Å². The molecule has 0 aliphatic rings. The molecular formula is C14H31NO. The van der Waals surface area contributed by atoms with Crippen LogP contribution in [0.15, 0.2) is 0 Å². The Labute approximate surface area is 102 Å². The standard InChI is InChI=1S/C14H31NO/c1-4-6-7-8-9-13-16-14(3)10-12-15-11-5-2/h14-15H,4-13H2,1-3H3. The van der Waals surface area contributed by atoms with Crippen molar-refractivity contribution in [2.24, 2.45) is 0 Å². The first-order valence-corrected chi connectivity index (χ1v) is 7.13. The van der Waals surface area contributed by atoms with Crippen molar-refractivity contribution in [2.75, 3.05) is 19.7 Å². The summed E-state index contributed by atoms with van der Waals surface area (Å²) in [5, 5.41) is 3.40. The molecule has 0 spiro atoms. The van der Waals surface area contributed by atoms with Gasteiger partial charge in [-0.1, -0.05) is 39.5 Å². The van der Waals surface area contributed by atoms with E-state index >= 15 is 0 Å². The first kappa shape index (κ1) is 15.9. The van der Waals surface area contributed by atoms with Gasteiger partial charge in [0.25, 0.3) is 0 Å². The van der Waals surface area contributed by atoms with Crippen molar-refractivity contribution >= 4 is 0 Å². The second kappa shape index (κ2) is 13.0. The van der Waals surface area contributed by atoms with Crippen molar-refractivity contribution in [1.29, 1.82) is 0 Å². The summed E-state index contributed by atoms with van der Waals surface area (Å²) < 4.78 is 5.76. The molecule has 0 saturated carbocycles. The summed E-state index contributed by atoms with van der Waals surface area (Å²) in [5.74, 6) is 0. The van der Waals surface area contributed by atoms with Gasteiger partial charge in [0.1, 0.15) is 0 Å². The Morgan fingerprint density at radius 1 is 0.938 bits per heavy atom. The second-order valence-corrected chi connectivity index (χ2v) is 4.63. The molecule has 16 heavy (non-hydrogen) atoms. The lowest BCUT2D eigenvalue weighted by molar-refractivity contribution is 0.0577. The molecule has 0 aliphatic carbocycles. The molecule has 1 N–H and O–H groups in total. The Balaban J connectivity index is 3.08. The molecule has 0 radical (unpaired) electrons. The van der Waals surface area contributed by atoms with Crippen molar-refractivity contribution in [1.82, 2.24) is 5.32 Å². The third-order valence-corrected chi connectivity index (χ3v) is 2.80. The van der Waals surface area contributed by atoms with E-state index < -0.39 is 0 Å². The number of hydrogen-bond donors (Lipinski definition) is 1. The van der Waals surface area contributed by atoms with Gasteiger partial charge in [0.2, 0.25) is 0 Å². The van der Waals surface area contributed by atoms with Crippen LogP contribution in [-0.4, -0.2) is 25.8 Å². The molecule has 0 heterocycles. The lowest BCUT2D eigenvalue weighted by Crippen LogP contribution is -2.21. The molecule has 0 aromatic heterocycles. The van der Waals surface area contributed by atoms with E-state index in [2.05, 4.69) is 26.1 Å². The van der Waals surface area contributed by atoms with Crippen LogP contribution in [0.4, 0.5) is 0 Å². The molecule has 0 amide bonds. The number of ether oxygens (including phenoxy) is 1. The fourth-order valence-corrected chi connectivity index (χ4v) is 1.68. The minimum absolute atomic E-state index is 0.413. The fraction of sp³-hybridized carbons (Fsp3) is 1.00. The molecule has 1 atom stereocenters. The Morgan fingerprint density at radius 2 is 1.69 bits per heavy atom. The van der Waals surface area contributed by atoms with Gasteiger partial charge in [-0.25, -0.2) is 0 Å². The molecule has 0 aromatic carbocycles. The van der Waals surface area contributed by atoms with Crippen LogP contribution in [-0.2, 0) is 4.74 Å². The van der Waals surface area contributed by atoms with Crippen LogP contribution in [0.1, 0.15) is 65.7 Å². The van der Waals surface area contributed by atoms with Crippen molar-refractivity contribution in [3.8, 4) is 0 Å². The van der Waals surface area contributed by atoms with Crippen molar-refractivity contribution < 1.29 is 4.74 Å². The Kier molecular flexibility index (Phi) is 12.9. The van der Waals surface area contributed by atoms with Crippen molar-refractivity contribution in [3.63, 3.8) is 0 Å². The predicted molar refractivity (Wildman–Crippen MR) is 72.0 cm³/mol. The molecule has 0 aliphatic heterocycles. The molecule has 0 aromatic rings. The zero-order valence-electron chi connectivity index (χ0n) is 11.6. The number of hydrogen-bond acceptors (Lipinski definition) is 2. The molecule has 2 heteroatoms. The molecule has 0 saturated heterocycles. The smallest absolute Gasteiger partial charge is 0.0559 e. The van der Waals surface area contributed by atoms with E-state index in [1.54, 1.807) is 0 Å². The lowest BCUT2D eigenvalue weighted by atomic mass is 10.2. The van der Waals surface area contributed by atoms with Gasteiger partial charge in [-0.2, -0.15) is 0 Å². The normalized spacial score (nSPS) is 12.9. The first-order valence-electron chi connectivity index (χ1n) is 7.13. The molecular weight excluding hydrogens is 198 g/mol. The van der Waals surface area contributed by atoms with Crippen LogP contribution in [0.2, 0.25) is 0 Å². The van der Waals surface area contributed by atoms with Gasteiger partial charge < -0.3 is 10.1 Å². The maximum absolute atomic E-state index is 5.76. The molecule has 0 bridgehead atoms. The van der Waals surface area contributed by atoms with E-state index in [9.17, 15) is 0 Å². The van der Waals surface area contributed by atoms with E-state index in [1.165, 1.54) is 38.5 Å². The van der Waals surface area contributed by atoms with E-state index in [0.717, 1.165) is 26.1 Å². The molecule has 0 fully saturated rings. The summed E-state index contributed by atoms with van der Waals surface area (Å²) in [6.45, 7) is 9.79. The topological polar surface area (TPSA) is 21.3 Å². The minimum Gasteiger partial charge on any atom is -0.378 e. The molecule has 0 rings (SSSR count). The van der Waals surface area contributed by atoms with Crippen LogP contribution in [0.25, 0.3) is 0 Å². The zero-order valence-corrected chi connectivity index (χ0v) is 11.6. The van der Waals surface area contributed by atoms with Crippen LogP contribution in [0, 0.1) is 0 Å². The van der Waals surface area contributed by atoms with Crippen molar-refractivity contribution in [2.45, 2.75) is 71.8 Å². The van der Waals surface area contributed by atoms with E-state index in [4.69, 9.17) is 4.74 Å². The quantitative estimate of drug-likeness (QED) is 0.515. The number of unbranched alkanes of at least 4 members (excludes halogenated alkanes) is 4. The SMILES string of the molecule is CCCCCCCOC(C)CCNCCC. The number of rotatable bonds is 12. The second-order valence-electron chi connectivity index (χ2n) is 4.63. The van der Waals surface area contributed by atoms with Gasteiger partial charge in [0.15, 0.2) is 0 Å². The van der Waals surface area contributed by atoms with Crippen LogP contribution < -0.4 is 5.32 Å². The maximum Gasteiger partial charge on any atom is 0.0559 e. The Morgan fingerprint density at radius 3 is 2.38 bits per heavy atom. The van der Waals surface area contributed by atoms with Gasteiger partial charge >= 0.3 is 0 Å². The summed E-state index contributed by atoms with van der Waals surface area (Å²) in [6, 6.07) is 0. The highest BCUT2D eigenvalue weighted by Gasteiger charge is 2.00. The fourth-order valence-electron chi connectivity index (χ4n) is 1.68. The zero-order chi connectivity index (χ0) is 12.1. The Bertz CT molecular complexity index is 128. The third kappa shape index (κ3) is 12.0. The van der Waals surface area contributed by atoms with E-state index in [-0.39, 0.29) is 0 Å². The largest absolute Gasteiger partial charge is 0.378 e. The van der Waals surface area contributed by atoms with Gasteiger partial charge in [-0.3, -0.25) is 0 Å². The highest BCUT2D eigenvalue weighted by Crippen LogP contribution is 2.04. The molecule has 2 nitrogen and oxygen atoms in total. The average molecular weight is 229 g/mol. The summed E-state index contributed by atoms with van der Waals surface area (Å²) in [7, 11) is 0. The first-order chi connectivity index (χ1) is 7.81. The minimum atomic E-state index is 0.413. The number of nitrogens with one attached hydrogen (secondary N) is 1. The lowest BCUT2D eigenvalue weighted by Gasteiger charge is -2.13. The summed E-state index contributed by atoms with van der Waals surface area (Å²) in [6.07, 6.45) is 9.38. The van der Waals surface area contributed by atoms with Crippen LogP contribution in [0.5, 0.6) is 0 Å². The van der Waals surface area contributed by atoms with Gasteiger partial charge in [0, 0.05) is 6.61 Å². The molecule has 98 valence electrons. The summed E-state index contributed by atoms with van der Waals surface area (Å²) >= 11 is 0. The maximum atomic E-state index is 5.76. The van der Waals surface area contributed by atoms with Gasteiger partial charge in [0.05, 0.1) is 6.10 Å².